The molecule has 1 aromatic heterocycles. The van der Waals surface area contributed by atoms with Crippen LogP contribution < -0.4 is 4.72 Å². The van der Waals surface area contributed by atoms with E-state index in [1.54, 1.807) is 7.05 Å². The van der Waals surface area contributed by atoms with E-state index >= 15 is 0 Å². The van der Waals surface area contributed by atoms with E-state index in [2.05, 4.69) is 14.9 Å². The molecule has 0 bridgehead atoms. The number of rotatable bonds is 2. The average molecular weight is 176 g/mol. The van der Waals surface area contributed by atoms with Gasteiger partial charge in [0.25, 0.3) is 10.0 Å². The number of sulfonamides is 1. The summed E-state index contributed by atoms with van der Waals surface area (Å²) in [6, 6.07) is 0. The molecule has 0 spiro atoms. The number of hydrogen-bond donors (Lipinski definition) is 1. The Labute approximate surface area is 64.3 Å². The molecule has 0 saturated carbocycles. The summed E-state index contributed by atoms with van der Waals surface area (Å²) >= 11 is 0. The largest absolute Gasteiger partial charge is 0.261 e. The highest BCUT2D eigenvalue weighted by Crippen LogP contribution is 1.99. The summed E-state index contributed by atoms with van der Waals surface area (Å²) in [7, 11) is -0.548. The molecule has 7 heteroatoms. The van der Waals surface area contributed by atoms with Gasteiger partial charge in [0.15, 0.2) is 0 Å². The first-order valence-electron chi connectivity index (χ1n) is 2.86. The van der Waals surface area contributed by atoms with Gasteiger partial charge >= 0.3 is 0 Å². The second kappa shape index (κ2) is 2.59. The van der Waals surface area contributed by atoms with Gasteiger partial charge in [0.2, 0.25) is 5.03 Å². The number of aromatic nitrogens is 3. The van der Waals surface area contributed by atoms with Crippen LogP contribution in [0.3, 0.4) is 0 Å². The van der Waals surface area contributed by atoms with Gasteiger partial charge in [-0.3, -0.25) is 0 Å². The van der Waals surface area contributed by atoms with Gasteiger partial charge in [0.1, 0.15) is 0 Å². The number of nitrogens with zero attached hydrogens (tertiary/aromatic N) is 3. The van der Waals surface area contributed by atoms with Crippen LogP contribution in [0.4, 0.5) is 0 Å². The first-order chi connectivity index (χ1) is 5.06. The van der Waals surface area contributed by atoms with Crippen LogP contribution in [0.15, 0.2) is 11.2 Å². The molecule has 0 aliphatic rings. The summed E-state index contributed by atoms with van der Waals surface area (Å²) in [5.41, 5.74) is 0. The SMILES string of the molecule is CNS(=O)(=O)c1cnn(C)n1. The second-order valence-corrected chi connectivity index (χ2v) is 3.71. The molecule has 1 aromatic rings. The van der Waals surface area contributed by atoms with Crippen molar-refractivity contribution in [3.05, 3.63) is 6.20 Å². The van der Waals surface area contributed by atoms with E-state index in [9.17, 15) is 8.42 Å². The van der Waals surface area contributed by atoms with Crippen molar-refractivity contribution < 1.29 is 8.42 Å². The molecular weight excluding hydrogens is 168 g/mol. The second-order valence-electron chi connectivity index (χ2n) is 1.88. The van der Waals surface area contributed by atoms with Crippen LogP contribution in [0.1, 0.15) is 0 Å². The van der Waals surface area contributed by atoms with Crippen molar-refractivity contribution in [3.8, 4) is 0 Å². The maximum absolute atomic E-state index is 11.0. The topological polar surface area (TPSA) is 76.9 Å². The van der Waals surface area contributed by atoms with Gasteiger partial charge in [-0.2, -0.15) is 9.90 Å². The van der Waals surface area contributed by atoms with Gasteiger partial charge in [-0.05, 0) is 7.05 Å². The van der Waals surface area contributed by atoms with Crippen LogP contribution in [-0.2, 0) is 17.1 Å². The van der Waals surface area contributed by atoms with Crippen molar-refractivity contribution >= 4 is 10.0 Å². The van der Waals surface area contributed by atoms with Crippen molar-refractivity contribution in [1.29, 1.82) is 0 Å². The third-order valence-corrected chi connectivity index (χ3v) is 2.40. The van der Waals surface area contributed by atoms with Gasteiger partial charge in [-0.15, -0.1) is 5.10 Å². The molecular formula is C4H8N4O2S. The van der Waals surface area contributed by atoms with Crippen LogP contribution in [-0.4, -0.2) is 30.5 Å². The first-order valence-corrected chi connectivity index (χ1v) is 4.34. The fourth-order valence-corrected chi connectivity index (χ4v) is 1.18. The highest BCUT2D eigenvalue weighted by Gasteiger charge is 2.14. The van der Waals surface area contributed by atoms with Gasteiger partial charge in [0, 0.05) is 7.05 Å². The van der Waals surface area contributed by atoms with Crippen LogP contribution in [0.25, 0.3) is 0 Å². The van der Waals surface area contributed by atoms with Crippen molar-refractivity contribution in [2.24, 2.45) is 7.05 Å². The molecule has 0 aromatic carbocycles. The van der Waals surface area contributed by atoms with E-state index in [1.165, 1.54) is 18.0 Å². The van der Waals surface area contributed by atoms with Gasteiger partial charge in [0.05, 0.1) is 6.20 Å². The lowest BCUT2D eigenvalue weighted by molar-refractivity contribution is 0.576. The summed E-state index contributed by atoms with van der Waals surface area (Å²) in [4.78, 5) is 1.18. The Morgan fingerprint density at radius 1 is 1.64 bits per heavy atom. The van der Waals surface area contributed by atoms with E-state index in [1.807, 2.05) is 0 Å². The standard InChI is InChI=1S/C4H8N4O2S/c1-5-11(9,10)4-3-6-8(2)7-4/h3,5H,1-2H3. The zero-order valence-electron chi connectivity index (χ0n) is 6.14. The van der Waals surface area contributed by atoms with Crippen LogP contribution in [0.2, 0.25) is 0 Å². The van der Waals surface area contributed by atoms with E-state index in [0.717, 1.165) is 0 Å². The van der Waals surface area contributed by atoms with Gasteiger partial charge < -0.3 is 0 Å². The predicted molar refractivity (Wildman–Crippen MR) is 37.2 cm³/mol. The van der Waals surface area contributed by atoms with Crippen LogP contribution in [0.5, 0.6) is 0 Å². The van der Waals surface area contributed by atoms with E-state index in [4.69, 9.17) is 0 Å². The Balaban J connectivity index is 3.13. The average Bonchev–Trinajstić information content (AvgIpc) is 2.36. The van der Waals surface area contributed by atoms with Crippen molar-refractivity contribution in [2.75, 3.05) is 7.05 Å². The monoisotopic (exact) mass is 176 g/mol. The number of hydrogen-bond acceptors (Lipinski definition) is 4. The van der Waals surface area contributed by atoms with Crippen molar-refractivity contribution in [3.63, 3.8) is 0 Å². The smallest absolute Gasteiger partial charge is 0.213 e. The lowest BCUT2D eigenvalue weighted by Gasteiger charge is -1.93. The van der Waals surface area contributed by atoms with Crippen LogP contribution >= 0.6 is 0 Å². The predicted octanol–water partition coefficient (Wildman–Crippen LogP) is -1.28. The molecule has 0 unspecified atom stereocenters. The maximum atomic E-state index is 11.0. The highest BCUT2D eigenvalue weighted by atomic mass is 32.2. The molecule has 1 N–H and O–H groups in total. The van der Waals surface area contributed by atoms with Crippen molar-refractivity contribution in [1.82, 2.24) is 19.7 Å². The first kappa shape index (κ1) is 8.15. The van der Waals surface area contributed by atoms with E-state index in [0.29, 0.717) is 0 Å². The Morgan fingerprint density at radius 2 is 2.27 bits per heavy atom. The van der Waals surface area contributed by atoms with E-state index in [-0.39, 0.29) is 5.03 Å². The van der Waals surface area contributed by atoms with Crippen molar-refractivity contribution in [2.45, 2.75) is 5.03 Å². The minimum atomic E-state index is -3.42. The Morgan fingerprint density at radius 3 is 2.64 bits per heavy atom. The van der Waals surface area contributed by atoms with E-state index < -0.39 is 10.0 Å². The summed E-state index contributed by atoms with van der Waals surface area (Å²) in [5, 5.41) is 7.16. The molecule has 6 nitrogen and oxygen atoms in total. The quantitative estimate of drug-likeness (QED) is 0.609. The molecule has 0 saturated heterocycles. The molecule has 0 fully saturated rings. The zero-order chi connectivity index (χ0) is 8.48. The Kier molecular flexibility index (Phi) is 1.92. The van der Waals surface area contributed by atoms with Gasteiger partial charge in [-0.25, -0.2) is 13.1 Å². The summed E-state index contributed by atoms with van der Waals surface area (Å²) in [6.45, 7) is 0. The highest BCUT2D eigenvalue weighted by molar-refractivity contribution is 7.89. The molecule has 62 valence electrons. The lowest BCUT2D eigenvalue weighted by atomic mass is 11.0. The fourth-order valence-electron chi connectivity index (χ4n) is 0.555. The molecule has 1 heterocycles. The minimum Gasteiger partial charge on any atom is -0.213 e. The lowest BCUT2D eigenvalue weighted by Crippen LogP contribution is -2.19. The Hall–Kier alpha value is -0.950. The third-order valence-electron chi connectivity index (χ3n) is 1.12. The number of aryl methyl sites for hydroxylation is 1. The summed E-state index contributed by atoms with van der Waals surface area (Å²) in [6.07, 6.45) is 1.19. The molecule has 0 atom stereocenters. The normalized spacial score (nSPS) is 11.8. The molecule has 0 radical (unpaired) electrons. The van der Waals surface area contributed by atoms with Crippen LogP contribution in [0, 0.1) is 0 Å². The molecule has 1 rings (SSSR count). The summed E-state index contributed by atoms with van der Waals surface area (Å²) < 4.78 is 24.1. The molecule has 0 aliphatic heterocycles. The fraction of sp³-hybridized carbons (Fsp3) is 0.500. The zero-order valence-corrected chi connectivity index (χ0v) is 6.96. The Bertz CT molecular complexity index is 341. The number of nitrogens with one attached hydrogen (secondary N) is 1. The maximum Gasteiger partial charge on any atom is 0.261 e. The van der Waals surface area contributed by atoms with Gasteiger partial charge in [-0.1, -0.05) is 0 Å². The molecule has 0 aliphatic carbocycles. The molecule has 11 heavy (non-hydrogen) atoms. The third kappa shape index (κ3) is 1.55. The summed E-state index contributed by atoms with van der Waals surface area (Å²) in [5.74, 6) is 0. The minimum absolute atomic E-state index is 0.0671. The molecule has 0 amide bonds.